The molecular formula is C15H21NO4. The van der Waals surface area contributed by atoms with Crippen LogP contribution in [0.5, 0.6) is 0 Å². The van der Waals surface area contributed by atoms with Crippen molar-refractivity contribution >= 4 is 5.97 Å². The molecule has 0 aliphatic carbocycles. The summed E-state index contributed by atoms with van der Waals surface area (Å²) in [4.78, 5) is 11.7. The fraction of sp³-hybridized carbons (Fsp3) is 0.533. The van der Waals surface area contributed by atoms with E-state index in [0.29, 0.717) is 25.3 Å². The molecule has 110 valence electrons. The van der Waals surface area contributed by atoms with Crippen molar-refractivity contribution in [2.24, 2.45) is 0 Å². The average Bonchev–Trinajstić information content (AvgIpc) is 2.53. The second-order valence-corrected chi connectivity index (χ2v) is 5.05. The van der Waals surface area contributed by atoms with Crippen LogP contribution in [0, 0.1) is 0 Å². The summed E-state index contributed by atoms with van der Waals surface area (Å²) in [7, 11) is 1.38. The van der Waals surface area contributed by atoms with E-state index in [1.807, 2.05) is 18.2 Å². The van der Waals surface area contributed by atoms with Gasteiger partial charge in [-0.3, -0.25) is 0 Å². The van der Waals surface area contributed by atoms with Gasteiger partial charge in [0.2, 0.25) is 0 Å². The first kappa shape index (κ1) is 15.0. The molecule has 5 nitrogen and oxygen atoms in total. The molecule has 1 aliphatic rings. The van der Waals surface area contributed by atoms with Crippen LogP contribution >= 0.6 is 0 Å². The predicted octanol–water partition coefficient (Wildman–Crippen LogP) is 1.10. The van der Waals surface area contributed by atoms with Gasteiger partial charge in [-0.1, -0.05) is 18.2 Å². The van der Waals surface area contributed by atoms with Crippen molar-refractivity contribution in [3.63, 3.8) is 0 Å². The van der Waals surface area contributed by atoms with E-state index in [1.54, 1.807) is 6.07 Å². The maximum Gasteiger partial charge on any atom is 0.338 e. The van der Waals surface area contributed by atoms with Crippen LogP contribution in [-0.2, 0) is 16.0 Å². The highest BCUT2D eigenvalue weighted by atomic mass is 16.5. The van der Waals surface area contributed by atoms with Gasteiger partial charge in [0.05, 0.1) is 19.3 Å². The molecule has 1 heterocycles. The number of esters is 1. The van der Waals surface area contributed by atoms with Gasteiger partial charge in [-0.05, 0) is 24.5 Å². The maximum absolute atomic E-state index is 11.7. The third kappa shape index (κ3) is 3.36. The lowest BCUT2D eigenvalue weighted by atomic mass is 9.90. The molecule has 0 amide bonds. The number of hydrogen-bond acceptors (Lipinski definition) is 5. The number of nitrogens with one attached hydrogen (secondary N) is 1. The Balaban J connectivity index is 2.08. The van der Waals surface area contributed by atoms with Gasteiger partial charge in [0, 0.05) is 25.3 Å². The van der Waals surface area contributed by atoms with Crippen molar-refractivity contribution in [3.05, 3.63) is 35.4 Å². The predicted molar refractivity (Wildman–Crippen MR) is 74.5 cm³/mol. The second-order valence-electron chi connectivity index (χ2n) is 5.05. The van der Waals surface area contributed by atoms with E-state index in [1.165, 1.54) is 7.11 Å². The number of ether oxygens (including phenoxy) is 2. The zero-order valence-corrected chi connectivity index (χ0v) is 11.7. The minimum atomic E-state index is -0.340. The summed E-state index contributed by atoms with van der Waals surface area (Å²) in [5, 5.41) is 13.0. The van der Waals surface area contributed by atoms with E-state index in [0.717, 1.165) is 18.4 Å². The fourth-order valence-electron chi connectivity index (χ4n) is 2.42. The van der Waals surface area contributed by atoms with Gasteiger partial charge in [0.25, 0.3) is 0 Å². The minimum Gasteiger partial charge on any atom is -0.465 e. The molecule has 0 aromatic heterocycles. The van der Waals surface area contributed by atoms with Crippen LogP contribution in [0.3, 0.4) is 0 Å². The highest BCUT2D eigenvalue weighted by Gasteiger charge is 2.31. The number of rotatable bonds is 5. The molecule has 1 aromatic carbocycles. The molecule has 2 rings (SSSR count). The molecule has 2 N–H and O–H groups in total. The number of aliphatic hydroxyl groups excluding tert-OH is 1. The summed E-state index contributed by atoms with van der Waals surface area (Å²) in [6.45, 7) is 1.88. The lowest BCUT2D eigenvalue weighted by Gasteiger charge is -2.36. The smallest absolute Gasteiger partial charge is 0.338 e. The van der Waals surface area contributed by atoms with Gasteiger partial charge >= 0.3 is 5.97 Å². The molecule has 1 aromatic rings. The van der Waals surface area contributed by atoms with Crippen LogP contribution in [-0.4, -0.2) is 43.5 Å². The fourth-order valence-corrected chi connectivity index (χ4v) is 2.42. The standard InChI is InChI=1S/C15H21NO4/c1-19-14(18)13-5-3-2-4-12(13)10-16-15(11-17)6-8-20-9-7-15/h2-5,16-17H,6-11H2,1H3. The van der Waals surface area contributed by atoms with E-state index >= 15 is 0 Å². The first-order chi connectivity index (χ1) is 9.71. The Bertz CT molecular complexity index is 455. The highest BCUT2D eigenvalue weighted by Crippen LogP contribution is 2.21. The van der Waals surface area contributed by atoms with E-state index in [-0.39, 0.29) is 18.1 Å². The van der Waals surface area contributed by atoms with Crippen molar-refractivity contribution in [1.29, 1.82) is 0 Å². The SMILES string of the molecule is COC(=O)c1ccccc1CNC1(CO)CCOCC1. The van der Waals surface area contributed by atoms with Crippen LogP contribution in [0.15, 0.2) is 24.3 Å². The van der Waals surface area contributed by atoms with Crippen molar-refractivity contribution in [2.75, 3.05) is 26.9 Å². The highest BCUT2D eigenvalue weighted by molar-refractivity contribution is 5.90. The molecule has 1 fully saturated rings. The molecule has 1 aliphatic heterocycles. The Morgan fingerprint density at radius 3 is 2.75 bits per heavy atom. The molecule has 0 atom stereocenters. The van der Waals surface area contributed by atoms with Crippen molar-refractivity contribution < 1.29 is 19.4 Å². The maximum atomic E-state index is 11.7. The van der Waals surface area contributed by atoms with Crippen LogP contribution in [0.25, 0.3) is 0 Å². The Kier molecular flexibility index (Phi) is 5.11. The molecule has 0 spiro atoms. The quantitative estimate of drug-likeness (QED) is 0.790. The second kappa shape index (κ2) is 6.83. The summed E-state index contributed by atoms with van der Waals surface area (Å²) in [5.74, 6) is -0.340. The number of carbonyl (C=O) groups is 1. The van der Waals surface area contributed by atoms with Crippen molar-refractivity contribution in [1.82, 2.24) is 5.32 Å². The van der Waals surface area contributed by atoms with E-state index in [2.05, 4.69) is 5.32 Å². The van der Waals surface area contributed by atoms with Gasteiger partial charge in [-0.15, -0.1) is 0 Å². The van der Waals surface area contributed by atoms with Crippen LogP contribution < -0.4 is 5.32 Å². The molecular weight excluding hydrogens is 258 g/mol. The third-order valence-corrected chi connectivity index (χ3v) is 3.83. The summed E-state index contributed by atoms with van der Waals surface area (Å²) in [5.41, 5.74) is 1.11. The Labute approximate surface area is 118 Å². The zero-order valence-electron chi connectivity index (χ0n) is 11.7. The van der Waals surface area contributed by atoms with Gasteiger partial charge < -0.3 is 19.9 Å². The minimum absolute atomic E-state index is 0.0662. The lowest BCUT2D eigenvalue weighted by Crippen LogP contribution is -2.52. The van der Waals surface area contributed by atoms with E-state index in [4.69, 9.17) is 9.47 Å². The molecule has 20 heavy (non-hydrogen) atoms. The normalized spacial score (nSPS) is 17.7. The number of hydrogen-bond donors (Lipinski definition) is 2. The van der Waals surface area contributed by atoms with Gasteiger partial charge in [-0.25, -0.2) is 4.79 Å². The molecule has 0 unspecified atom stereocenters. The Morgan fingerprint density at radius 1 is 1.40 bits per heavy atom. The van der Waals surface area contributed by atoms with Crippen molar-refractivity contribution in [2.45, 2.75) is 24.9 Å². The van der Waals surface area contributed by atoms with Crippen LogP contribution in [0.1, 0.15) is 28.8 Å². The summed E-state index contributed by atoms with van der Waals surface area (Å²) >= 11 is 0. The van der Waals surface area contributed by atoms with Gasteiger partial charge in [0.15, 0.2) is 0 Å². The van der Waals surface area contributed by atoms with E-state index in [9.17, 15) is 9.90 Å². The monoisotopic (exact) mass is 279 g/mol. The summed E-state index contributed by atoms with van der Waals surface area (Å²) in [6.07, 6.45) is 1.54. The molecule has 5 heteroatoms. The van der Waals surface area contributed by atoms with Crippen LogP contribution in [0.4, 0.5) is 0 Å². The molecule has 0 radical (unpaired) electrons. The number of carbonyl (C=O) groups excluding carboxylic acids is 1. The first-order valence-electron chi connectivity index (χ1n) is 6.81. The third-order valence-electron chi connectivity index (χ3n) is 3.83. The first-order valence-corrected chi connectivity index (χ1v) is 6.81. The van der Waals surface area contributed by atoms with E-state index < -0.39 is 0 Å². The Morgan fingerprint density at radius 2 is 2.10 bits per heavy atom. The zero-order chi connectivity index (χ0) is 14.4. The summed E-state index contributed by atoms with van der Waals surface area (Å²) in [6, 6.07) is 7.34. The molecule has 1 saturated heterocycles. The number of benzene rings is 1. The largest absolute Gasteiger partial charge is 0.465 e. The topological polar surface area (TPSA) is 67.8 Å². The number of methoxy groups -OCH3 is 1. The Hall–Kier alpha value is -1.43. The lowest BCUT2D eigenvalue weighted by molar-refractivity contribution is 0.0111. The molecule has 0 saturated carbocycles. The van der Waals surface area contributed by atoms with Gasteiger partial charge in [0.1, 0.15) is 0 Å². The van der Waals surface area contributed by atoms with Gasteiger partial charge in [-0.2, -0.15) is 0 Å². The number of aliphatic hydroxyl groups is 1. The summed E-state index contributed by atoms with van der Waals surface area (Å²) < 4.78 is 10.1. The van der Waals surface area contributed by atoms with Crippen LogP contribution in [0.2, 0.25) is 0 Å². The molecule has 0 bridgehead atoms. The average molecular weight is 279 g/mol. The van der Waals surface area contributed by atoms with Crippen molar-refractivity contribution in [3.8, 4) is 0 Å².